The Morgan fingerprint density at radius 2 is 2.24 bits per heavy atom. The van der Waals surface area contributed by atoms with E-state index in [0.29, 0.717) is 16.7 Å². The van der Waals surface area contributed by atoms with Gasteiger partial charge >= 0.3 is 0 Å². The van der Waals surface area contributed by atoms with E-state index in [4.69, 9.17) is 0 Å². The zero-order valence-electron chi connectivity index (χ0n) is 9.20. The lowest BCUT2D eigenvalue weighted by atomic mass is 10.3. The van der Waals surface area contributed by atoms with Crippen molar-refractivity contribution in [3.63, 3.8) is 0 Å². The second-order valence-electron chi connectivity index (χ2n) is 3.25. The molecular formula is C10H12BrN3O3. The molecule has 0 heterocycles. The molecule has 1 amide bonds. The molecule has 0 bridgehead atoms. The van der Waals surface area contributed by atoms with Crippen LogP contribution in [0.25, 0.3) is 0 Å². The summed E-state index contributed by atoms with van der Waals surface area (Å²) in [6.07, 6.45) is 0. The van der Waals surface area contributed by atoms with E-state index in [1.54, 1.807) is 0 Å². The summed E-state index contributed by atoms with van der Waals surface area (Å²) in [7, 11) is 0. The highest BCUT2D eigenvalue weighted by molar-refractivity contribution is 9.10. The largest absolute Gasteiger partial charge is 0.324 e. The average Bonchev–Trinajstić information content (AvgIpc) is 2.28. The Labute approximate surface area is 107 Å². The highest BCUT2D eigenvalue weighted by Gasteiger charge is 2.10. The van der Waals surface area contributed by atoms with E-state index in [1.165, 1.54) is 18.2 Å². The van der Waals surface area contributed by atoms with Gasteiger partial charge in [-0.3, -0.25) is 14.9 Å². The van der Waals surface area contributed by atoms with Crippen LogP contribution in [0.1, 0.15) is 6.92 Å². The van der Waals surface area contributed by atoms with E-state index >= 15 is 0 Å². The van der Waals surface area contributed by atoms with Crippen LogP contribution in [-0.4, -0.2) is 23.9 Å². The van der Waals surface area contributed by atoms with Crippen molar-refractivity contribution in [2.24, 2.45) is 0 Å². The molecule has 0 fully saturated rings. The number of hydrogen-bond donors (Lipinski definition) is 2. The first-order valence-corrected chi connectivity index (χ1v) is 5.78. The first kappa shape index (κ1) is 13.6. The number of nitro groups is 1. The molecule has 1 rings (SSSR count). The third kappa shape index (κ3) is 4.12. The van der Waals surface area contributed by atoms with Gasteiger partial charge in [0.25, 0.3) is 5.69 Å². The molecule has 0 aliphatic rings. The zero-order chi connectivity index (χ0) is 12.8. The quantitative estimate of drug-likeness (QED) is 0.643. The number of nitro benzene ring substituents is 1. The van der Waals surface area contributed by atoms with Crippen LogP contribution >= 0.6 is 15.9 Å². The first-order valence-electron chi connectivity index (χ1n) is 4.99. The van der Waals surface area contributed by atoms with Crippen molar-refractivity contribution in [2.45, 2.75) is 6.92 Å². The third-order valence-electron chi connectivity index (χ3n) is 1.97. The van der Waals surface area contributed by atoms with Crippen molar-refractivity contribution in [2.75, 3.05) is 18.4 Å². The van der Waals surface area contributed by atoms with Crippen LogP contribution in [0.3, 0.4) is 0 Å². The summed E-state index contributed by atoms with van der Waals surface area (Å²) in [5.74, 6) is -0.193. The van der Waals surface area contributed by atoms with Gasteiger partial charge in [0, 0.05) is 16.6 Å². The standard InChI is InChI=1S/C10H12BrN3O3/c1-2-12-6-10(15)13-9-4-3-7(14(16)17)5-8(9)11/h3-5,12H,2,6H2,1H3,(H,13,15). The minimum absolute atomic E-state index is 0.0263. The lowest BCUT2D eigenvalue weighted by Crippen LogP contribution is -2.27. The van der Waals surface area contributed by atoms with Gasteiger partial charge in [0.15, 0.2) is 0 Å². The molecule has 92 valence electrons. The van der Waals surface area contributed by atoms with Crippen molar-refractivity contribution >= 4 is 33.2 Å². The van der Waals surface area contributed by atoms with E-state index in [1.807, 2.05) is 6.92 Å². The Morgan fingerprint density at radius 3 is 2.76 bits per heavy atom. The van der Waals surface area contributed by atoms with Gasteiger partial charge in [-0.2, -0.15) is 0 Å². The van der Waals surface area contributed by atoms with E-state index in [9.17, 15) is 14.9 Å². The Bertz CT molecular complexity index is 437. The predicted octanol–water partition coefficient (Wildman–Crippen LogP) is 1.91. The van der Waals surface area contributed by atoms with Crippen LogP contribution in [0.2, 0.25) is 0 Å². The van der Waals surface area contributed by atoms with E-state index in [2.05, 4.69) is 26.6 Å². The molecule has 6 nitrogen and oxygen atoms in total. The van der Waals surface area contributed by atoms with Crippen LogP contribution in [-0.2, 0) is 4.79 Å². The number of nitrogens with zero attached hydrogens (tertiary/aromatic N) is 1. The molecule has 0 aliphatic heterocycles. The molecule has 0 spiro atoms. The summed E-state index contributed by atoms with van der Waals surface area (Å²) >= 11 is 3.17. The van der Waals surface area contributed by atoms with Gasteiger partial charge in [0.1, 0.15) is 0 Å². The number of anilines is 1. The molecule has 0 saturated heterocycles. The number of carbonyl (C=O) groups is 1. The van der Waals surface area contributed by atoms with E-state index in [-0.39, 0.29) is 18.1 Å². The third-order valence-corrected chi connectivity index (χ3v) is 2.63. The van der Waals surface area contributed by atoms with Crippen LogP contribution in [0, 0.1) is 10.1 Å². The fourth-order valence-electron chi connectivity index (χ4n) is 1.15. The number of carbonyl (C=O) groups excluding carboxylic acids is 1. The Hall–Kier alpha value is -1.47. The summed E-state index contributed by atoms with van der Waals surface area (Å²) in [6.45, 7) is 2.81. The Kier molecular flexibility index (Phi) is 5.05. The van der Waals surface area contributed by atoms with E-state index in [0.717, 1.165) is 0 Å². The number of nitrogens with one attached hydrogen (secondary N) is 2. The molecule has 0 aliphatic carbocycles. The monoisotopic (exact) mass is 301 g/mol. The van der Waals surface area contributed by atoms with Crippen LogP contribution in [0.5, 0.6) is 0 Å². The minimum Gasteiger partial charge on any atom is -0.324 e. The van der Waals surface area contributed by atoms with Crippen molar-refractivity contribution in [3.8, 4) is 0 Å². The number of likely N-dealkylation sites (N-methyl/N-ethyl adjacent to an activating group) is 1. The summed E-state index contributed by atoms with van der Waals surface area (Å²) in [6, 6.07) is 4.18. The number of hydrogen-bond acceptors (Lipinski definition) is 4. The second kappa shape index (κ2) is 6.31. The fraction of sp³-hybridized carbons (Fsp3) is 0.300. The number of halogens is 1. The second-order valence-corrected chi connectivity index (χ2v) is 4.10. The predicted molar refractivity (Wildman–Crippen MR) is 68.0 cm³/mol. The Balaban J connectivity index is 2.72. The minimum atomic E-state index is -0.491. The maximum Gasteiger partial charge on any atom is 0.270 e. The molecule has 1 aromatic carbocycles. The van der Waals surface area contributed by atoms with Gasteiger partial charge in [0.05, 0.1) is 17.2 Å². The van der Waals surface area contributed by atoms with Gasteiger partial charge in [-0.15, -0.1) is 0 Å². The van der Waals surface area contributed by atoms with E-state index < -0.39 is 4.92 Å². The maximum atomic E-state index is 11.4. The van der Waals surface area contributed by atoms with Crippen molar-refractivity contribution in [3.05, 3.63) is 32.8 Å². The van der Waals surface area contributed by atoms with Gasteiger partial charge in [-0.05, 0) is 28.5 Å². The lowest BCUT2D eigenvalue weighted by molar-refractivity contribution is -0.384. The van der Waals surface area contributed by atoms with Gasteiger partial charge in [-0.1, -0.05) is 6.92 Å². The fourth-order valence-corrected chi connectivity index (χ4v) is 1.62. The first-order chi connectivity index (χ1) is 8.04. The van der Waals surface area contributed by atoms with Gasteiger partial charge in [-0.25, -0.2) is 0 Å². The molecule has 0 saturated carbocycles. The number of amides is 1. The van der Waals surface area contributed by atoms with Crippen molar-refractivity contribution in [1.82, 2.24) is 5.32 Å². The molecule has 1 aromatic rings. The SMILES string of the molecule is CCNCC(=O)Nc1ccc([N+](=O)[O-])cc1Br. The molecule has 2 N–H and O–H groups in total. The van der Waals surface area contributed by atoms with Crippen LogP contribution in [0.15, 0.2) is 22.7 Å². The number of non-ortho nitro benzene ring substituents is 1. The molecule has 0 atom stereocenters. The molecule has 17 heavy (non-hydrogen) atoms. The summed E-state index contributed by atoms with van der Waals surface area (Å²) < 4.78 is 0.483. The van der Waals surface area contributed by atoms with Crippen LogP contribution in [0.4, 0.5) is 11.4 Å². The smallest absolute Gasteiger partial charge is 0.270 e. The normalized spacial score (nSPS) is 10.0. The number of rotatable bonds is 5. The summed E-state index contributed by atoms with van der Waals surface area (Å²) in [5.41, 5.74) is 0.486. The average molecular weight is 302 g/mol. The Morgan fingerprint density at radius 1 is 1.53 bits per heavy atom. The molecule has 0 unspecified atom stereocenters. The van der Waals surface area contributed by atoms with Gasteiger partial charge < -0.3 is 10.6 Å². The highest BCUT2D eigenvalue weighted by atomic mass is 79.9. The maximum absolute atomic E-state index is 11.4. The topological polar surface area (TPSA) is 84.3 Å². The van der Waals surface area contributed by atoms with Crippen molar-refractivity contribution in [1.29, 1.82) is 0 Å². The molecular weight excluding hydrogens is 290 g/mol. The van der Waals surface area contributed by atoms with Crippen LogP contribution < -0.4 is 10.6 Å². The zero-order valence-corrected chi connectivity index (χ0v) is 10.8. The van der Waals surface area contributed by atoms with Crippen molar-refractivity contribution < 1.29 is 9.72 Å². The number of benzene rings is 1. The molecule has 0 radical (unpaired) electrons. The summed E-state index contributed by atoms with van der Waals surface area (Å²) in [5, 5.41) is 16.0. The lowest BCUT2D eigenvalue weighted by Gasteiger charge is -2.07. The molecule has 0 aromatic heterocycles. The van der Waals surface area contributed by atoms with Gasteiger partial charge in [0.2, 0.25) is 5.91 Å². The highest BCUT2D eigenvalue weighted by Crippen LogP contribution is 2.26. The molecule has 7 heteroatoms. The summed E-state index contributed by atoms with van der Waals surface area (Å²) in [4.78, 5) is 21.4.